The molecule has 0 spiro atoms. The molecular formula is C14H12ClN3O4. The van der Waals surface area contributed by atoms with Gasteiger partial charge in [0.25, 0.3) is 5.91 Å². The Morgan fingerprint density at radius 3 is 2.68 bits per heavy atom. The van der Waals surface area contributed by atoms with Crippen LogP contribution in [0.15, 0.2) is 30.3 Å². The molecule has 1 aromatic carbocycles. The number of halogens is 1. The molecule has 0 saturated carbocycles. The number of urea groups is 1. The van der Waals surface area contributed by atoms with E-state index >= 15 is 0 Å². The average molecular weight is 322 g/mol. The lowest BCUT2D eigenvalue weighted by Gasteiger charge is -2.12. The van der Waals surface area contributed by atoms with Crippen LogP contribution in [0.1, 0.15) is 17.3 Å². The van der Waals surface area contributed by atoms with Crippen LogP contribution in [0, 0.1) is 0 Å². The molecular weight excluding hydrogens is 310 g/mol. The second-order valence-electron chi connectivity index (χ2n) is 4.44. The third kappa shape index (κ3) is 3.70. The van der Waals surface area contributed by atoms with Crippen LogP contribution in [0.4, 0.5) is 4.79 Å². The van der Waals surface area contributed by atoms with Gasteiger partial charge in [0, 0.05) is 5.39 Å². The number of nitrogens with two attached hydrogens (primary N) is 1. The summed E-state index contributed by atoms with van der Waals surface area (Å²) in [6, 6.07) is 6.99. The Hall–Kier alpha value is -2.67. The number of primary amides is 1. The average Bonchev–Trinajstić information content (AvgIpc) is 2.45. The van der Waals surface area contributed by atoms with Crippen molar-refractivity contribution >= 4 is 40.4 Å². The number of esters is 1. The van der Waals surface area contributed by atoms with Crippen molar-refractivity contribution in [3.8, 4) is 0 Å². The molecule has 1 unspecified atom stereocenters. The van der Waals surface area contributed by atoms with Crippen molar-refractivity contribution in [3.05, 3.63) is 41.0 Å². The molecule has 1 atom stereocenters. The van der Waals surface area contributed by atoms with E-state index in [0.717, 1.165) is 0 Å². The molecule has 0 bridgehead atoms. The van der Waals surface area contributed by atoms with E-state index in [1.165, 1.54) is 13.0 Å². The summed E-state index contributed by atoms with van der Waals surface area (Å²) in [5, 5.41) is 2.88. The van der Waals surface area contributed by atoms with Crippen molar-refractivity contribution in [3.63, 3.8) is 0 Å². The van der Waals surface area contributed by atoms with Gasteiger partial charge >= 0.3 is 12.0 Å². The van der Waals surface area contributed by atoms with Gasteiger partial charge in [0.2, 0.25) is 0 Å². The number of hydrogen-bond donors (Lipinski definition) is 2. The normalized spacial score (nSPS) is 11.7. The van der Waals surface area contributed by atoms with E-state index in [0.29, 0.717) is 16.1 Å². The van der Waals surface area contributed by atoms with E-state index < -0.39 is 24.0 Å². The van der Waals surface area contributed by atoms with Crippen molar-refractivity contribution in [2.24, 2.45) is 5.73 Å². The van der Waals surface area contributed by atoms with Crippen LogP contribution in [0.5, 0.6) is 0 Å². The first-order valence-corrected chi connectivity index (χ1v) is 6.62. The highest BCUT2D eigenvalue weighted by Gasteiger charge is 2.20. The SMILES string of the molecule is CC(OC(=O)c1ccc2nc(Cl)ccc2c1)C(=O)NC(N)=O. The number of nitrogens with zero attached hydrogens (tertiary/aromatic N) is 1. The van der Waals surface area contributed by atoms with Gasteiger partial charge in [0.05, 0.1) is 11.1 Å². The number of amides is 3. The summed E-state index contributed by atoms with van der Waals surface area (Å²) in [5.41, 5.74) is 5.69. The zero-order valence-electron chi connectivity index (χ0n) is 11.5. The molecule has 0 aliphatic heterocycles. The van der Waals surface area contributed by atoms with Crippen LogP contribution >= 0.6 is 11.6 Å². The van der Waals surface area contributed by atoms with Gasteiger partial charge in [-0.15, -0.1) is 0 Å². The summed E-state index contributed by atoms with van der Waals surface area (Å²) in [6.45, 7) is 1.33. The fourth-order valence-corrected chi connectivity index (χ4v) is 1.89. The molecule has 0 aliphatic carbocycles. The maximum atomic E-state index is 12.0. The lowest BCUT2D eigenvalue weighted by Crippen LogP contribution is -2.42. The second kappa shape index (κ2) is 6.40. The van der Waals surface area contributed by atoms with Gasteiger partial charge in [-0.05, 0) is 37.3 Å². The number of carbonyl (C=O) groups excluding carboxylic acids is 3. The summed E-state index contributed by atoms with van der Waals surface area (Å²) >= 11 is 5.78. The molecule has 8 heteroatoms. The smallest absolute Gasteiger partial charge is 0.338 e. The third-order valence-corrected chi connectivity index (χ3v) is 3.00. The second-order valence-corrected chi connectivity index (χ2v) is 4.83. The summed E-state index contributed by atoms with van der Waals surface area (Å²) in [6.07, 6.45) is -1.15. The van der Waals surface area contributed by atoms with Crippen LogP contribution in [-0.4, -0.2) is 29.0 Å². The highest BCUT2D eigenvalue weighted by molar-refractivity contribution is 6.29. The van der Waals surface area contributed by atoms with E-state index in [-0.39, 0.29) is 5.56 Å². The molecule has 3 N–H and O–H groups in total. The fraction of sp³-hybridized carbons (Fsp3) is 0.143. The molecule has 0 saturated heterocycles. The molecule has 1 heterocycles. The summed E-state index contributed by atoms with van der Waals surface area (Å²) in [7, 11) is 0. The van der Waals surface area contributed by atoms with Gasteiger partial charge in [-0.1, -0.05) is 11.6 Å². The lowest BCUT2D eigenvalue weighted by atomic mass is 10.1. The third-order valence-electron chi connectivity index (χ3n) is 2.79. The number of carbonyl (C=O) groups is 3. The Kier molecular flexibility index (Phi) is 4.57. The fourth-order valence-electron chi connectivity index (χ4n) is 1.73. The number of aromatic nitrogens is 1. The highest BCUT2D eigenvalue weighted by atomic mass is 35.5. The molecule has 2 rings (SSSR count). The largest absolute Gasteiger partial charge is 0.449 e. The Bertz CT molecular complexity index is 763. The first-order chi connectivity index (χ1) is 10.4. The minimum atomic E-state index is -1.15. The molecule has 2 aromatic rings. The van der Waals surface area contributed by atoms with Gasteiger partial charge in [0.1, 0.15) is 5.15 Å². The molecule has 0 fully saturated rings. The summed E-state index contributed by atoms with van der Waals surface area (Å²) in [4.78, 5) is 38.1. The first kappa shape index (κ1) is 15.7. The number of imide groups is 1. The molecule has 7 nitrogen and oxygen atoms in total. The molecule has 0 aliphatic rings. The van der Waals surface area contributed by atoms with Gasteiger partial charge in [-0.25, -0.2) is 14.6 Å². The van der Waals surface area contributed by atoms with E-state index in [2.05, 4.69) is 4.98 Å². The molecule has 22 heavy (non-hydrogen) atoms. The van der Waals surface area contributed by atoms with Crippen molar-refractivity contribution in [2.45, 2.75) is 13.0 Å². The Labute approximate surface area is 130 Å². The molecule has 0 radical (unpaired) electrons. The number of ether oxygens (including phenoxy) is 1. The Morgan fingerprint density at radius 1 is 1.27 bits per heavy atom. The predicted molar refractivity (Wildman–Crippen MR) is 79.4 cm³/mol. The topological polar surface area (TPSA) is 111 Å². The highest BCUT2D eigenvalue weighted by Crippen LogP contribution is 2.18. The predicted octanol–water partition coefficient (Wildman–Crippen LogP) is 1.63. The van der Waals surface area contributed by atoms with Crippen molar-refractivity contribution < 1.29 is 19.1 Å². The van der Waals surface area contributed by atoms with E-state index in [9.17, 15) is 14.4 Å². The van der Waals surface area contributed by atoms with Gasteiger partial charge in [-0.3, -0.25) is 10.1 Å². The monoisotopic (exact) mass is 321 g/mol. The molecule has 114 valence electrons. The maximum absolute atomic E-state index is 12.0. The number of benzene rings is 1. The van der Waals surface area contributed by atoms with Crippen LogP contribution < -0.4 is 11.1 Å². The van der Waals surface area contributed by atoms with Crippen LogP contribution in [0.3, 0.4) is 0 Å². The number of fused-ring (bicyclic) bond motifs is 1. The molecule has 3 amide bonds. The van der Waals surface area contributed by atoms with Crippen molar-refractivity contribution in [1.29, 1.82) is 0 Å². The van der Waals surface area contributed by atoms with Crippen molar-refractivity contribution in [1.82, 2.24) is 10.3 Å². The zero-order chi connectivity index (χ0) is 16.3. The van der Waals surface area contributed by atoms with E-state index in [1.54, 1.807) is 24.3 Å². The minimum absolute atomic E-state index is 0.246. The van der Waals surface area contributed by atoms with Gasteiger partial charge in [-0.2, -0.15) is 0 Å². The maximum Gasteiger partial charge on any atom is 0.338 e. The van der Waals surface area contributed by atoms with Crippen molar-refractivity contribution in [2.75, 3.05) is 0 Å². The van der Waals surface area contributed by atoms with Crippen LogP contribution in [0.2, 0.25) is 5.15 Å². The number of nitrogens with one attached hydrogen (secondary N) is 1. The summed E-state index contributed by atoms with van der Waals surface area (Å²) < 4.78 is 4.97. The summed E-state index contributed by atoms with van der Waals surface area (Å²) in [5.74, 6) is -1.50. The lowest BCUT2D eigenvalue weighted by molar-refractivity contribution is -0.127. The minimum Gasteiger partial charge on any atom is -0.449 e. The Morgan fingerprint density at radius 2 is 2.00 bits per heavy atom. The van der Waals surface area contributed by atoms with E-state index in [4.69, 9.17) is 22.1 Å². The van der Waals surface area contributed by atoms with Crippen LogP contribution in [0.25, 0.3) is 10.9 Å². The Balaban J connectivity index is 2.14. The van der Waals surface area contributed by atoms with Gasteiger partial charge < -0.3 is 10.5 Å². The number of hydrogen-bond acceptors (Lipinski definition) is 5. The standard InChI is InChI=1S/C14H12ClN3O4/c1-7(12(19)18-14(16)21)22-13(20)9-2-4-10-8(6-9)3-5-11(15)17-10/h2-7H,1H3,(H3,16,18,19,21). The zero-order valence-corrected chi connectivity index (χ0v) is 12.3. The quantitative estimate of drug-likeness (QED) is 0.659. The first-order valence-electron chi connectivity index (χ1n) is 6.24. The van der Waals surface area contributed by atoms with Gasteiger partial charge in [0.15, 0.2) is 6.10 Å². The number of rotatable bonds is 3. The number of pyridine rings is 1. The molecule has 1 aromatic heterocycles. The van der Waals surface area contributed by atoms with Crippen LogP contribution in [-0.2, 0) is 9.53 Å². The van der Waals surface area contributed by atoms with E-state index in [1.807, 2.05) is 5.32 Å².